The molecule has 6 amide bonds. The van der Waals surface area contributed by atoms with Crippen LogP contribution in [0.5, 0.6) is 0 Å². The molecule has 2 aliphatic heterocycles. The number of ether oxygens (including phenoxy) is 1. The van der Waals surface area contributed by atoms with Crippen molar-refractivity contribution < 1.29 is 23.9 Å². The average Bonchev–Trinajstić information content (AvgIpc) is 2.99. The number of hydrogen-bond acceptors (Lipinski definition) is 5. The molecule has 1 atom stereocenters. The topological polar surface area (TPSA) is 90.5 Å². The molecule has 0 aliphatic carbocycles. The van der Waals surface area contributed by atoms with Crippen molar-refractivity contribution in [1.29, 1.82) is 0 Å². The minimum Gasteiger partial charge on any atom is -0.356 e. The normalized spacial score (nSPS) is 20.7. The van der Waals surface area contributed by atoms with Gasteiger partial charge in [-0.1, -0.05) is 48.5 Å². The number of anilines is 1. The van der Waals surface area contributed by atoms with Crippen molar-refractivity contribution in [3.05, 3.63) is 65.7 Å². The molecule has 9 nitrogen and oxygen atoms in total. The zero-order chi connectivity index (χ0) is 22.3. The van der Waals surface area contributed by atoms with E-state index in [2.05, 4.69) is 0 Å². The van der Waals surface area contributed by atoms with Crippen molar-refractivity contribution >= 4 is 29.6 Å². The van der Waals surface area contributed by atoms with Gasteiger partial charge in [0.1, 0.15) is 6.73 Å². The summed E-state index contributed by atoms with van der Waals surface area (Å²) in [7, 11) is 2.98. The molecule has 2 aliphatic rings. The molecule has 31 heavy (non-hydrogen) atoms. The number of nitrogens with zero attached hydrogens (tertiary/aromatic N) is 4. The van der Waals surface area contributed by atoms with Crippen LogP contribution in [-0.4, -0.2) is 59.4 Å². The Balaban J connectivity index is 1.75. The smallest absolute Gasteiger partial charge is 0.338 e. The fraction of sp³-hybridized carbons (Fsp3) is 0.273. The number of hydrogen-bond donors (Lipinski definition) is 0. The van der Waals surface area contributed by atoms with Gasteiger partial charge in [-0.2, -0.15) is 0 Å². The van der Waals surface area contributed by atoms with E-state index in [1.807, 2.05) is 30.3 Å². The van der Waals surface area contributed by atoms with E-state index >= 15 is 0 Å². The minimum atomic E-state index is -1.90. The van der Waals surface area contributed by atoms with E-state index in [0.29, 0.717) is 11.3 Å². The van der Waals surface area contributed by atoms with E-state index in [1.54, 1.807) is 31.3 Å². The molecule has 1 fully saturated rings. The molecule has 1 saturated heterocycles. The molecule has 2 heterocycles. The van der Waals surface area contributed by atoms with Crippen LogP contribution in [0.25, 0.3) is 0 Å². The van der Waals surface area contributed by atoms with Crippen molar-refractivity contribution in [2.75, 3.05) is 25.7 Å². The van der Waals surface area contributed by atoms with Crippen LogP contribution in [0, 0.1) is 0 Å². The third kappa shape index (κ3) is 2.89. The van der Waals surface area contributed by atoms with E-state index < -0.39 is 29.5 Å². The third-order valence-electron chi connectivity index (χ3n) is 5.64. The second kappa shape index (κ2) is 7.51. The van der Waals surface area contributed by atoms with Gasteiger partial charge in [0.05, 0.1) is 12.3 Å². The molecule has 0 saturated carbocycles. The number of para-hydroxylation sites is 1. The maximum atomic E-state index is 13.7. The van der Waals surface area contributed by atoms with Crippen molar-refractivity contribution in [3.8, 4) is 0 Å². The van der Waals surface area contributed by atoms with Crippen molar-refractivity contribution in [1.82, 2.24) is 14.7 Å². The van der Waals surface area contributed by atoms with Crippen molar-refractivity contribution in [3.63, 3.8) is 0 Å². The standard InChI is InChI=1S/C22H22N4O5/c1-15(27)26-21(30)25(14-31-13-16-9-5-4-6-10-16)19(28)22(26)17-11-7-8-12-18(17)23(2)20(29)24(22)3/h4-12H,13-14H2,1-3H3. The maximum Gasteiger partial charge on any atom is 0.338 e. The van der Waals surface area contributed by atoms with Crippen LogP contribution in [0.2, 0.25) is 0 Å². The number of carbonyl (C=O) groups is 4. The first-order chi connectivity index (χ1) is 14.8. The third-order valence-corrected chi connectivity index (χ3v) is 5.64. The van der Waals surface area contributed by atoms with Gasteiger partial charge in [-0.05, 0) is 11.6 Å². The highest BCUT2D eigenvalue weighted by Crippen LogP contribution is 2.47. The van der Waals surface area contributed by atoms with Crippen LogP contribution in [0.1, 0.15) is 18.1 Å². The number of amides is 6. The Bertz CT molecular complexity index is 1070. The number of benzene rings is 2. The Hall–Kier alpha value is -3.72. The van der Waals surface area contributed by atoms with Crippen molar-refractivity contribution in [2.45, 2.75) is 19.2 Å². The summed E-state index contributed by atoms with van der Waals surface area (Å²) in [5, 5.41) is 0. The molecular formula is C22H22N4O5. The summed E-state index contributed by atoms with van der Waals surface area (Å²) in [4.78, 5) is 56.7. The Labute approximate surface area is 179 Å². The fourth-order valence-electron chi connectivity index (χ4n) is 4.17. The van der Waals surface area contributed by atoms with E-state index in [1.165, 1.54) is 18.9 Å². The predicted octanol–water partition coefficient (Wildman–Crippen LogP) is 2.33. The van der Waals surface area contributed by atoms with Crippen molar-refractivity contribution in [2.24, 2.45) is 0 Å². The van der Waals surface area contributed by atoms with E-state index in [4.69, 9.17) is 4.74 Å². The summed E-state index contributed by atoms with van der Waals surface area (Å²) in [5.41, 5.74) is -0.209. The molecule has 1 spiro atoms. The predicted molar refractivity (Wildman–Crippen MR) is 111 cm³/mol. The molecule has 2 aromatic rings. The summed E-state index contributed by atoms with van der Waals surface area (Å²) in [6, 6.07) is 14.7. The maximum absolute atomic E-state index is 13.7. The Kier molecular flexibility index (Phi) is 4.98. The number of carbonyl (C=O) groups excluding carboxylic acids is 4. The Morgan fingerprint density at radius 2 is 1.58 bits per heavy atom. The number of fused-ring (bicyclic) bond motifs is 2. The largest absolute Gasteiger partial charge is 0.356 e. The first-order valence-corrected chi connectivity index (χ1v) is 9.71. The Morgan fingerprint density at radius 1 is 0.935 bits per heavy atom. The van der Waals surface area contributed by atoms with Gasteiger partial charge < -0.3 is 4.74 Å². The van der Waals surface area contributed by atoms with Crippen LogP contribution in [0.3, 0.4) is 0 Å². The molecule has 9 heteroatoms. The SMILES string of the molecule is CC(=O)N1C(=O)N(COCc2ccccc2)C(=O)C12c1ccccc1N(C)C(=O)N2C. The molecule has 0 radical (unpaired) electrons. The van der Waals surface area contributed by atoms with Crippen LogP contribution in [-0.2, 0) is 26.6 Å². The molecule has 2 aromatic carbocycles. The van der Waals surface area contributed by atoms with Crippen LogP contribution < -0.4 is 4.90 Å². The van der Waals surface area contributed by atoms with Gasteiger partial charge in [0.25, 0.3) is 5.91 Å². The van der Waals surface area contributed by atoms with Gasteiger partial charge in [0.15, 0.2) is 0 Å². The second-order valence-corrected chi connectivity index (χ2v) is 7.42. The summed E-state index contributed by atoms with van der Waals surface area (Å²) < 4.78 is 5.61. The lowest BCUT2D eigenvalue weighted by atomic mass is 9.91. The summed E-state index contributed by atoms with van der Waals surface area (Å²) in [5.74, 6) is -1.36. The molecule has 0 aromatic heterocycles. The first-order valence-electron chi connectivity index (χ1n) is 9.71. The molecule has 0 bridgehead atoms. The highest BCUT2D eigenvalue weighted by molar-refractivity contribution is 6.17. The summed E-state index contributed by atoms with van der Waals surface area (Å²) in [6.07, 6.45) is 0. The lowest BCUT2D eigenvalue weighted by Gasteiger charge is -2.47. The van der Waals surface area contributed by atoms with E-state index in [9.17, 15) is 19.2 Å². The van der Waals surface area contributed by atoms with Gasteiger partial charge in [-0.15, -0.1) is 0 Å². The van der Waals surface area contributed by atoms with Crippen LogP contribution in [0.4, 0.5) is 15.3 Å². The number of rotatable bonds is 4. The molecule has 4 rings (SSSR count). The molecule has 160 valence electrons. The highest BCUT2D eigenvalue weighted by atomic mass is 16.5. The lowest BCUT2D eigenvalue weighted by Crippen LogP contribution is -2.66. The van der Waals surface area contributed by atoms with E-state index in [0.717, 1.165) is 20.3 Å². The van der Waals surface area contributed by atoms with Gasteiger partial charge in [0, 0.05) is 26.6 Å². The molecular weight excluding hydrogens is 400 g/mol. The van der Waals surface area contributed by atoms with Gasteiger partial charge in [-0.25, -0.2) is 19.4 Å². The first kappa shape index (κ1) is 20.5. The highest BCUT2D eigenvalue weighted by Gasteiger charge is 2.66. The zero-order valence-electron chi connectivity index (χ0n) is 17.4. The minimum absolute atomic E-state index is 0.180. The molecule has 1 unspecified atom stereocenters. The number of likely N-dealkylation sites (N-methyl/N-ethyl adjacent to an activating group) is 1. The second-order valence-electron chi connectivity index (χ2n) is 7.42. The van der Waals surface area contributed by atoms with Gasteiger partial charge in [-0.3, -0.25) is 19.4 Å². The summed E-state index contributed by atoms with van der Waals surface area (Å²) in [6.45, 7) is 1.03. The Morgan fingerprint density at radius 3 is 2.26 bits per heavy atom. The quantitative estimate of drug-likeness (QED) is 0.706. The number of imide groups is 2. The lowest BCUT2D eigenvalue weighted by molar-refractivity contribution is -0.150. The van der Waals surface area contributed by atoms with Gasteiger partial charge in [0.2, 0.25) is 11.6 Å². The summed E-state index contributed by atoms with van der Waals surface area (Å²) >= 11 is 0. The van der Waals surface area contributed by atoms with E-state index in [-0.39, 0.29) is 13.3 Å². The monoisotopic (exact) mass is 422 g/mol. The molecule has 0 N–H and O–H groups in total. The van der Waals surface area contributed by atoms with Gasteiger partial charge >= 0.3 is 12.1 Å². The number of urea groups is 2. The fourth-order valence-corrected chi connectivity index (χ4v) is 4.17. The van der Waals surface area contributed by atoms with Crippen LogP contribution in [0.15, 0.2) is 54.6 Å². The zero-order valence-corrected chi connectivity index (χ0v) is 17.4. The van der Waals surface area contributed by atoms with Crippen LogP contribution >= 0.6 is 0 Å². The average molecular weight is 422 g/mol.